The van der Waals surface area contributed by atoms with Gasteiger partial charge in [-0.3, -0.25) is 4.55 Å². The van der Waals surface area contributed by atoms with Gasteiger partial charge in [-0.1, -0.05) is 41.0 Å². The van der Waals surface area contributed by atoms with Crippen molar-refractivity contribution in [1.29, 1.82) is 0 Å². The molecule has 0 aliphatic heterocycles. The second-order valence-corrected chi connectivity index (χ2v) is 7.73. The van der Waals surface area contributed by atoms with Crippen molar-refractivity contribution in [2.24, 2.45) is 11.3 Å². The summed E-state index contributed by atoms with van der Waals surface area (Å²) in [4.78, 5) is 0. The molecule has 0 amide bonds. The molecule has 3 nitrogen and oxygen atoms in total. The maximum atomic E-state index is 11.2. The lowest BCUT2D eigenvalue weighted by atomic mass is 9.83. The van der Waals surface area contributed by atoms with E-state index >= 15 is 0 Å². The third kappa shape index (κ3) is 7.23. The molecule has 16 heavy (non-hydrogen) atoms. The van der Waals surface area contributed by atoms with Gasteiger partial charge in [0.15, 0.2) is 0 Å². The van der Waals surface area contributed by atoms with E-state index < -0.39 is 15.4 Å². The SMILES string of the molecule is CCCC(CC(C)CC(C)(C)C)S(=O)(=O)O. The number of rotatable bonds is 6. The minimum absolute atomic E-state index is 0.204. The third-order valence-electron chi connectivity index (χ3n) is 2.66. The summed E-state index contributed by atoms with van der Waals surface area (Å²) in [5.74, 6) is 0.318. The van der Waals surface area contributed by atoms with E-state index in [0.717, 1.165) is 12.8 Å². The topological polar surface area (TPSA) is 54.4 Å². The van der Waals surface area contributed by atoms with Gasteiger partial charge in [0, 0.05) is 0 Å². The van der Waals surface area contributed by atoms with E-state index in [1.807, 2.05) is 6.92 Å². The average molecular weight is 250 g/mol. The van der Waals surface area contributed by atoms with Crippen molar-refractivity contribution < 1.29 is 13.0 Å². The molecule has 0 aromatic heterocycles. The van der Waals surface area contributed by atoms with Crippen LogP contribution in [0.4, 0.5) is 0 Å². The van der Waals surface area contributed by atoms with Gasteiger partial charge in [-0.25, -0.2) is 0 Å². The Morgan fingerprint density at radius 3 is 2.06 bits per heavy atom. The highest BCUT2D eigenvalue weighted by molar-refractivity contribution is 7.86. The van der Waals surface area contributed by atoms with Gasteiger partial charge in [-0.15, -0.1) is 0 Å². The average Bonchev–Trinajstić information content (AvgIpc) is 1.97. The summed E-state index contributed by atoms with van der Waals surface area (Å²) in [5, 5.41) is -0.588. The molecular formula is C12H26O3S. The van der Waals surface area contributed by atoms with Crippen LogP contribution in [0.5, 0.6) is 0 Å². The molecule has 0 bridgehead atoms. The summed E-state index contributed by atoms with van der Waals surface area (Å²) in [7, 11) is -3.88. The first-order chi connectivity index (χ1) is 7.06. The van der Waals surface area contributed by atoms with E-state index in [1.165, 1.54) is 0 Å². The number of hydrogen-bond acceptors (Lipinski definition) is 2. The van der Waals surface area contributed by atoms with Crippen LogP contribution < -0.4 is 0 Å². The summed E-state index contributed by atoms with van der Waals surface area (Å²) in [6.07, 6.45) is 2.87. The monoisotopic (exact) mass is 250 g/mol. The van der Waals surface area contributed by atoms with Gasteiger partial charge >= 0.3 is 0 Å². The molecule has 0 saturated heterocycles. The first-order valence-corrected chi connectivity index (χ1v) is 7.53. The fourth-order valence-electron chi connectivity index (χ4n) is 2.29. The molecule has 0 heterocycles. The van der Waals surface area contributed by atoms with Crippen molar-refractivity contribution >= 4 is 10.1 Å². The lowest BCUT2D eigenvalue weighted by molar-refractivity contribution is 0.289. The van der Waals surface area contributed by atoms with Crippen molar-refractivity contribution in [3.63, 3.8) is 0 Å². The summed E-state index contributed by atoms with van der Waals surface area (Å²) < 4.78 is 31.5. The Morgan fingerprint density at radius 2 is 1.75 bits per heavy atom. The summed E-state index contributed by atoms with van der Waals surface area (Å²) in [6.45, 7) is 10.4. The van der Waals surface area contributed by atoms with E-state index in [9.17, 15) is 8.42 Å². The quantitative estimate of drug-likeness (QED) is 0.734. The zero-order valence-corrected chi connectivity index (χ0v) is 12.0. The van der Waals surface area contributed by atoms with Crippen LogP contribution >= 0.6 is 0 Å². The third-order valence-corrected chi connectivity index (χ3v) is 3.93. The Bertz CT molecular complexity index is 288. The van der Waals surface area contributed by atoms with Crippen LogP contribution in [0, 0.1) is 11.3 Å². The lowest BCUT2D eigenvalue weighted by Crippen LogP contribution is -2.24. The van der Waals surface area contributed by atoms with E-state index in [1.54, 1.807) is 0 Å². The Kier molecular flexibility index (Phi) is 5.98. The maximum Gasteiger partial charge on any atom is 0.267 e. The fourth-order valence-corrected chi connectivity index (χ4v) is 3.39. The zero-order valence-electron chi connectivity index (χ0n) is 11.2. The second kappa shape index (κ2) is 6.01. The van der Waals surface area contributed by atoms with Crippen LogP contribution in [0.15, 0.2) is 0 Å². The van der Waals surface area contributed by atoms with Crippen LogP contribution in [0.25, 0.3) is 0 Å². The molecule has 0 aromatic rings. The van der Waals surface area contributed by atoms with Crippen molar-refractivity contribution in [2.75, 3.05) is 0 Å². The van der Waals surface area contributed by atoms with Crippen molar-refractivity contribution in [3.8, 4) is 0 Å². The zero-order chi connectivity index (χ0) is 13.0. The standard InChI is InChI=1S/C12H26O3S/c1-6-7-11(16(13,14)15)8-10(2)9-12(3,4)5/h10-11H,6-9H2,1-5H3,(H,13,14,15). The van der Waals surface area contributed by atoms with Crippen LogP contribution in [-0.4, -0.2) is 18.2 Å². The minimum atomic E-state index is -3.88. The molecule has 0 radical (unpaired) electrons. The Balaban J connectivity index is 4.42. The molecule has 0 aliphatic carbocycles. The van der Waals surface area contributed by atoms with Gasteiger partial charge < -0.3 is 0 Å². The first kappa shape index (κ1) is 15.9. The second-order valence-electron chi connectivity index (χ2n) is 6.03. The van der Waals surface area contributed by atoms with Gasteiger partial charge in [0.05, 0.1) is 5.25 Å². The van der Waals surface area contributed by atoms with E-state index in [4.69, 9.17) is 4.55 Å². The normalized spacial score (nSPS) is 17.1. The maximum absolute atomic E-state index is 11.2. The summed E-state index contributed by atoms with van der Waals surface area (Å²) in [5.41, 5.74) is 0.204. The molecule has 2 unspecified atom stereocenters. The number of hydrogen-bond donors (Lipinski definition) is 1. The summed E-state index contributed by atoms with van der Waals surface area (Å²) >= 11 is 0. The van der Waals surface area contributed by atoms with Gasteiger partial charge in [-0.2, -0.15) is 8.42 Å². The molecule has 0 aliphatic rings. The van der Waals surface area contributed by atoms with Crippen molar-refractivity contribution in [1.82, 2.24) is 0 Å². The Labute approximate surface area is 100 Å². The lowest BCUT2D eigenvalue weighted by Gasteiger charge is -2.25. The van der Waals surface area contributed by atoms with Crippen molar-refractivity contribution in [3.05, 3.63) is 0 Å². The predicted octanol–water partition coefficient (Wildman–Crippen LogP) is 3.51. The van der Waals surface area contributed by atoms with E-state index in [-0.39, 0.29) is 5.41 Å². The molecule has 0 fully saturated rings. The predicted molar refractivity (Wildman–Crippen MR) is 68.1 cm³/mol. The molecule has 0 spiro atoms. The molecule has 1 N–H and O–H groups in total. The summed E-state index contributed by atoms with van der Waals surface area (Å²) in [6, 6.07) is 0. The van der Waals surface area contributed by atoms with Crippen LogP contribution in [0.2, 0.25) is 0 Å². The highest BCUT2D eigenvalue weighted by Crippen LogP contribution is 2.28. The molecular weight excluding hydrogens is 224 g/mol. The smallest absolute Gasteiger partial charge is 0.267 e. The highest BCUT2D eigenvalue weighted by Gasteiger charge is 2.26. The van der Waals surface area contributed by atoms with Gasteiger partial charge in [0.25, 0.3) is 10.1 Å². The van der Waals surface area contributed by atoms with Gasteiger partial charge in [-0.05, 0) is 30.6 Å². The van der Waals surface area contributed by atoms with E-state index in [0.29, 0.717) is 18.8 Å². The van der Waals surface area contributed by atoms with Crippen LogP contribution in [-0.2, 0) is 10.1 Å². The molecule has 0 saturated carbocycles. The fraction of sp³-hybridized carbons (Fsp3) is 1.00. The van der Waals surface area contributed by atoms with E-state index in [2.05, 4.69) is 27.7 Å². The molecule has 0 aromatic carbocycles. The highest BCUT2D eigenvalue weighted by atomic mass is 32.2. The van der Waals surface area contributed by atoms with Gasteiger partial charge in [0.1, 0.15) is 0 Å². The Hall–Kier alpha value is -0.0900. The van der Waals surface area contributed by atoms with Crippen molar-refractivity contribution in [2.45, 2.75) is 65.6 Å². The minimum Gasteiger partial charge on any atom is -0.285 e. The molecule has 0 rings (SSSR count). The first-order valence-electron chi connectivity index (χ1n) is 6.02. The molecule has 98 valence electrons. The van der Waals surface area contributed by atoms with Gasteiger partial charge in [0.2, 0.25) is 0 Å². The van der Waals surface area contributed by atoms with Crippen LogP contribution in [0.1, 0.15) is 60.3 Å². The van der Waals surface area contributed by atoms with Crippen LogP contribution in [0.3, 0.4) is 0 Å². The largest absolute Gasteiger partial charge is 0.285 e. The molecule has 4 heteroatoms. The Morgan fingerprint density at radius 1 is 1.25 bits per heavy atom. The molecule has 2 atom stereocenters.